The maximum atomic E-state index is 10.5. The molecule has 2 rings (SSSR count). The first-order valence-corrected chi connectivity index (χ1v) is 4.64. The molecule has 0 aliphatic rings. The van der Waals surface area contributed by atoms with Crippen LogP contribution in [0.25, 0.3) is 17.0 Å². The van der Waals surface area contributed by atoms with Crippen molar-refractivity contribution in [2.45, 2.75) is 6.42 Å². The first-order chi connectivity index (χ1) is 7.25. The van der Waals surface area contributed by atoms with Crippen LogP contribution < -0.4 is 5.73 Å². The molecule has 3 N–H and O–H groups in total. The highest BCUT2D eigenvalue weighted by molar-refractivity contribution is 5.81. The van der Waals surface area contributed by atoms with E-state index >= 15 is 0 Å². The molecule has 4 heteroatoms. The van der Waals surface area contributed by atoms with Crippen molar-refractivity contribution in [3.8, 4) is 0 Å². The molecule has 0 atom stereocenters. The Morgan fingerprint density at radius 3 is 3.20 bits per heavy atom. The van der Waals surface area contributed by atoms with E-state index in [1.54, 1.807) is 12.3 Å². The van der Waals surface area contributed by atoms with Crippen molar-refractivity contribution in [2.75, 3.05) is 0 Å². The number of benzene rings is 1. The lowest BCUT2D eigenvalue weighted by atomic mass is 10.1. The molecule has 0 bridgehead atoms. The minimum Gasteiger partial charge on any atom is -0.369 e. The van der Waals surface area contributed by atoms with Gasteiger partial charge in [0.1, 0.15) is 0 Å². The fraction of sp³-hybridized carbons (Fsp3) is 0.0909. The van der Waals surface area contributed by atoms with Crippen LogP contribution in [0, 0.1) is 0 Å². The van der Waals surface area contributed by atoms with Crippen LogP contribution in [0.15, 0.2) is 30.5 Å². The number of carbonyl (C=O) groups excluding carboxylic acids is 1. The Balaban J connectivity index is 2.21. The summed E-state index contributed by atoms with van der Waals surface area (Å²) >= 11 is 0. The number of nitrogens with one attached hydrogen (secondary N) is 1. The van der Waals surface area contributed by atoms with E-state index in [1.807, 2.05) is 24.3 Å². The van der Waals surface area contributed by atoms with Crippen LogP contribution in [0.5, 0.6) is 0 Å². The van der Waals surface area contributed by atoms with Crippen molar-refractivity contribution in [3.05, 3.63) is 36.0 Å². The molecular formula is C11H11N3O. The second-order valence-electron chi connectivity index (χ2n) is 3.29. The second-order valence-corrected chi connectivity index (χ2v) is 3.29. The van der Waals surface area contributed by atoms with Gasteiger partial charge in [0.15, 0.2) is 0 Å². The van der Waals surface area contributed by atoms with Gasteiger partial charge in [-0.25, -0.2) is 0 Å². The Hall–Kier alpha value is -2.10. The number of carbonyl (C=O) groups is 1. The standard InChI is InChI=1S/C11H11N3O/c12-11(15)3-1-2-8-4-5-9-7-13-14-10(9)6-8/h1-2,4-7H,3H2,(H2,12,15)(H,13,14). The van der Waals surface area contributed by atoms with E-state index in [1.165, 1.54) is 0 Å². The van der Waals surface area contributed by atoms with Crippen LogP contribution in [0.3, 0.4) is 0 Å². The fourth-order valence-corrected chi connectivity index (χ4v) is 1.37. The molecular weight excluding hydrogens is 190 g/mol. The Kier molecular flexibility index (Phi) is 2.49. The number of primary amides is 1. The van der Waals surface area contributed by atoms with Gasteiger partial charge in [0.25, 0.3) is 0 Å². The Labute approximate surface area is 86.8 Å². The number of aromatic amines is 1. The summed E-state index contributed by atoms with van der Waals surface area (Å²) in [6.07, 6.45) is 5.65. The third kappa shape index (κ3) is 2.22. The molecule has 1 aromatic carbocycles. The van der Waals surface area contributed by atoms with Crippen molar-refractivity contribution in [3.63, 3.8) is 0 Å². The summed E-state index contributed by atoms with van der Waals surface area (Å²) in [7, 11) is 0. The molecule has 0 aliphatic carbocycles. The van der Waals surface area contributed by atoms with Gasteiger partial charge in [0, 0.05) is 11.8 Å². The van der Waals surface area contributed by atoms with Gasteiger partial charge in [0.05, 0.1) is 11.7 Å². The normalized spacial score (nSPS) is 11.2. The van der Waals surface area contributed by atoms with E-state index in [0.717, 1.165) is 16.5 Å². The van der Waals surface area contributed by atoms with Crippen molar-refractivity contribution >= 4 is 22.9 Å². The van der Waals surface area contributed by atoms with Gasteiger partial charge >= 0.3 is 0 Å². The maximum absolute atomic E-state index is 10.5. The summed E-state index contributed by atoms with van der Waals surface area (Å²) in [5.74, 6) is -0.325. The molecule has 0 radical (unpaired) electrons. The molecule has 1 aromatic heterocycles. The highest BCUT2D eigenvalue weighted by Crippen LogP contribution is 2.13. The summed E-state index contributed by atoms with van der Waals surface area (Å²) in [4.78, 5) is 10.5. The quantitative estimate of drug-likeness (QED) is 0.788. The van der Waals surface area contributed by atoms with Gasteiger partial charge in [-0.1, -0.05) is 24.3 Å². The molecule has 0 fully saturated rings. The average molecular weight is 201 g/mol. The van der Waals surface area contributed by atoms with Crippen LogP contribution >= 0.6 is 0 Å². The van der Waals surface area contributed by atoms with Gasteiger partial charge in [-0.15, -0.1) is 0 Å². The van der Waals surface area contributed by atoms with Crippen molar-refractivity contribution in [2.24, 2.45) is 5.73 Å². The van der Waals surface area contributed by atoms with Crippen molar-refractivity contribution in [1.29, 1.82) is 0 Å². The molecule has 1 heterocycles. The van der Waals surface area contributed by atoms with Crippen LogP contribution in [0.1, 0.15) is 12.0 Å². The van der Waals surface area contributed by atoms with E-state index in [9.17, 15) is 4.79 Å². The third-order valence-electron chi connectivity index (χ3n) is 2.10. The topological polar surface area (TPSA) is 71.8 Å². The summed E-state index contributed by atoms with van der Waals surface area (Å²) in [5.41, 5.74) is 7.03. The number of fused-ring (bicyclic) bond motifs is 1. The molecule has 2 aromatic rings. The number of aromatic nitrogens is 2. The number of hydrogen-bond donors (Lipinski definition) is 2. The Morgan fingerprint density at radius 2 is 2.40 bits per heavy atom. The van der Waals surface area contributed by atoms with Crippen LogP contribution in [-0.2, 0) is 4.79 Å². The molecule has 15 heavy (non-hydrogen) atoms. The minimum absolute atomic E-state index is 0.265. The van der Waals surface area contributed by atoms with Gasteiger partial charge in [0.2, 0.25) is 5.91 Å². The summed E-state index contributed by atoms with van der Waals surface area (Å²) in [6.45, 7) is 0. The van der Waals surface area contributed by atoms with E-state index in [2.05, 4.69) is 10.2 Å². The molecule has 0 spiro atoms. The predicted molar refractivity (Wildman–Crippen MR) is 58.9 cm³/mol. The summed E-state index contributed by atoms with van der Waals surface area (Å²) < 4.78 is 0. The van der Waals surface area contributed by atoms with Gasteiger partial charge < -0.3 is 5.73 Å². The highest BCUT2D eigenvalue weighted by atomic mass is 16.1. The lowest BCUT2D eigenvalue weighted by Gasteiger charge is -1.93. The molecule has 76 valence electrons. The molecule has 0 saturated carbocycles. The third-order valence-corrected chi connectivity index (χ3v) is 2.10. The maximum Gasteiger partial charge on any atom is 0.221 e. The van der Waals surface area contributed by atoms with Gasteiger partial charge in [-0.2, -0.15) is 5.10 Å². The lowest BCUT2D eigenvalue weighted by Crippen LogP contribution is -2.07. The Bertz CT molecular complexity index is 513. The number of nitrogens with zero attached hydrogens (tertiary/aromatic N) is 1. The number of hydrogen-bond acceptors (Lipinski definition) is 2. The highest BCUT2D eigenvalue weighted by Gasteiger charge is 1.95. The number of nitrogens with two attached hydrogens (primary N) is 1. The summed E-state index contributed by atoms with van der Waals surface area (Å²) in [6, 6.07) is 5.91. The average Bonchev–Trinajstić information content (AvgIpc) is 2.64. The largest absolute Gasteiger partial charge is 0.369 e. The lowest BCUT2D eigenvalue weighted by molar-refractivity contribution is -0.117. The number of amides is 1. The SMILES string of the molecule is NC(=O)CC=Cc1ccc2cn[nH]c2c1. The molecule has 0 aliphatic heterocycles. The molecule has 0 unspecified atom stereocenters. The first-order valence-electron chi connectivity index (χ1n) is 4.64. The van der Waals surface area contributed by atoms with Gasteiger partial charge in [-0.3, -0.25) is 9.89 Å². The van der Waals surface area contributed by atoms with Crippen LogP contribution in [0.2, 0.25) is 0 Å². The smallest absolute Gasteiger partial charge is 0.221 e. The summed E-state index contributed by atoms with van der Waals surface area (Å²) in [5, 5.41) is 7.88. The minimum atomic E-state index is -0.325. The Morgan fingerprint density at radius 1 is 1.53 bits per heavy atom. The second kappa shape index (κ2) is 3.96. The van der Waals surface area contributed by atoms with E-state index < -0.39 is 0 Å². The zero-order valence-electron chi connectivity index (χ0n) is 8.10. The monoisotopic (exact) mass is 201 g/mol. The molecule has 1 amide bonds. The van der Waals surface area contributed by atoms with Crippen LogP contribution in [0.4, 0.5) is 0 Å². The van der Waals surface area contributed by atoms with E-state index in [-0.39, 0.29) is 12.3 Å². The first kappa shape index (κ1) is 9.45. The zero-order chi connectivity index (χ0) is 10.7. The fourth-order valence-electron chi connectivity index (χ4n) is 1.37. The zero-order valence-corrected chi connectivity index (χ0v) is 8.10. The number of rotatable bonds is 3. The number of H-pyrrole nitrogens is 1. The van der Waals surface area contributed by atoms with Crippen molar-refractivity contribution < 1.29 is 4.79 Å². The molecule has 0 saturated heterocycles. The van der Waals surface area contributed by atoms with Crippen molar-refractivity contribution in [1.82, 2.24) is 10.2 Å². The predicted octanol–water partition coefficient (Wildman–Crippen LogP) is 1.45. The van der Waals surface area contributed by atoms with Crippen LogP contribution in [-0.4, -0.2) is 16.1 Å². The van der Waals surface area contributed by atoms with E-state index in [4.69, 9.17) is 5.73 Å². The molecule has 4 nitrogen and oxygen atoms in total. The van der Waals surface area contributed by atoms with Gasteiger partial charge in [-0.05, 0) is 11.6 Å². The van der Waals surface area contributed by atoms with E-state index in [0.29, 0.717) is 0 Å².